The normalized spacial score (nSPS) is 16.2. The number of hydrogen-bond acceptors (Lipinski definition) is 6. The number of amides is 2. The highest BCUT2D eigenvalue weighted by molar-refractivity contribution is 6.39. The highest BCUT2D eigenvalue weighted by Crippen LogP contribution is 2.32. The molecule has 152 valence electrons. The molecule has 2 aliphatic rings. The van der Waals surface area contributed by atoms with Gasteiger partial charge in [0.05, 0.1) is 11.9 Å². The van der Waals surface area contributed by atoms with E-state index in [1.54, 1.807) is 24.4 Å². The van der Waals surface area contributed by atoms with E-state index in [1.165, 1.54) is 0 Å². The van der Waals surface area contributed by atoms with Gasteiger partial charge in [-0.2, -0.15) is 0 Å². The first-order valence-electron chi connectivity index (χ1n) is 9.83. The van der Waals surface area contributed by atoms with Crippen molar-refractivity contribution in [3.05, 3.63) is 42.7 Å². The molecule has 2 amide bonds. The van der Waals surface area contributed by atoms with E-state index < -0.39 is 11.8 Å². The summed E-state index contributed by atoms with van der Waals surface area (Å²) in [5.41, 5.74) is 1.62. The molecule has 0 unspecified atom stereocenters. The minimum atomic E-state index is -0.686. The molecule has 0 radical (unpaired) electrons. The predicted octanol–water partition coefficient (Wildman–Crippen LogP) is 1.82. The average Bonchev–Trinajstić information content (AvgIpc) is 2.78. The fourth-order valence-corrected chi connectivity index (χ4v) is 3.56. The highest BCUT2D eigenvalue weighted by Gasteiger charge is 2.22. The van der Waals surface area contributed by atoms with Gasteiger partial charge in [-0.15, -0.1) is 0 Å². The van der Waals surface area contributed by atoms with Gasteiger partial charge in [0, 0.05) is 37.6 Å². The molecule has 0 saturated carbocycles. The van der Waals surface area contributed by atoms with Crippen LogP contribution in [-0.2, 0) is 9.59 Å². The van der Waals surface area contributed by atoms with Gasteiger partial charge in [0.15, 0.2) is 11.5 Å². The fourth-order valence-electron chi connectivity index (χ4n) is 3.56. The number of piperidine rings is 1. The van der Waals surface area contributed by atoms with Crippen LogP contribution in [0.25, 0.3) is 0 Å². The number of carbonyl (C=O) groups excluding carboxylic acids is 2. The summed E-state index contributed by atoms with van der Waals surface area (Å²) in [7, 11) is 0. The van der Waals surface area contributed by atoms with Crippen molar-refractivity contribution < 1.29 is 19.1 Å². The van der Waals surface area contributed by atoms with Crippen molar-refractivity contribution in [2.75, 3.05) is 43.1 Å². The summed E-state index contributed by atoms with van der Waals surface area (Å²) >= 11 is 0. The zero-order valence-electron chi connectivity index (χ0n) is 16.1. The van der Waals surface area contributed by atoms with Crippen molar-refractivity contribution in [2.24, 2.45) is 5.92 Å². The van der Waals surface area contributed by atoms with Crippen molar-refractivity contribution in [1.82, 2.24) is 10.3 Å². The molecular weight excluding hydrogens is 372 g/mol. The number of carbonyl (C=O) groups is 2. The quantitative estimate of drug-likeness (QED) is 0.766. The van der Waals surface area contributed by atoms with Gasteiger partial charge in [0.25, 0.3) is 0 Å². The Morgan fingerprint density at radius 3 is 2.62 bits per heavy atom. The Morgan fingerprint density at radius 1 is 1.07 bits per heavy atom. The number of fused-ring (bicyclic) bond motifs is 1. The molecule has 8 nitrogen and oxygen atoms in total. The standard InChI is InChI=1S/C21H24N4O4/c26-20(21(27)24-16-3-4-18-19(12-16)29-11-10-28-18)23-13-15-5-8-25(9-6-15)17-2-1-7-22-14-17/h1-4,7,12,14-15H,5-6,8-11,13H2,(H,23,26)(H,24,27). The molecule has 2 N–H and O–H groups in total. The number of hydrogen-bond donors (Lipinski definition) is 2. The van der Waals surface area contributed by atoms with Crippen LogP contribution >= 0.6 is 0 Å². The van der Waals surface area contributed by atoms with E-state index in [9.17, 15) is 9.59 Å². The van der Waals surface area contributed by atoms with Gasteiger partial charge in [0.1, 0.15) is 13.2 Å². The minimum absolute atomic E-state index is 0.356. The van der Waals surface area contributed by atoms with E-state index >= 15 is 0 Å². The number of nitrogens with zero attached hydrogens (tertiary/aromatic N) is 2. The van der Waals surface area contributed by atoms with E-state index in [2.05, 4.69) is 26.6 Å². The lowest BCUT2D eigenvalue weighted by molar-refractivity contribution is -0.136. The second-order valence-corrected chi connectivity index (χ2v) is 7.16. The van der Waals surface area contributed by atoms with Crippen LogP contribution in [0.3, 0.4) is 0 Å². The lowest BCUT2D eigenvalue weighted by atomic mass is 9.96. The molecule has 2 aliphatic heterocycles. The largest absolute Gasteiger partial charge is 0.486 e. The first-order chi connectivity index (χ1) is 14.2. The van der Waals surface area contributed by atoms with Crippen LogP contribution < -0.4 is 25.0 Å². The lowest BCUT2D eigenvalue weighted by Gasteiger charge is -2.33. The lowest BCUT2D eigenvalue weighted by Crippen LogP contribution is -2.41. The molecule has 0 atom stereocenters. The third kappa shape index (κ3) is 4.77. The van der Waals surface area contributed by atoms with Crippen molar-refractivity contribution in [1.29, 1.82) is 0 Å². The molecule has 29 heavy (non-hydrogen) atoms. The van der Waals surface area contributed by atoms with E-state index in [-0.39, 0.29) is 0 Å². The number of anilines is 2. The van der Waals surface area contributed by atoms with Crippen molar-refractivity contribution in [2.45, 2.75) is 12.8 Å². The van der Waals surface area contributed by atoms with Gasteiger partial charge in [-0.25, -0.2) is 0 Å². The number of pyridine rings is 1. The van der Waals surface area contributed by atoms with Gasteiger partial charge in [-0.05, 0) is 43.0 Å². The molecule has 0 bridgehead atoms. The average molecular weight is 396 g/mol. The fraction of sp³-hybridized carbons (Fsp3) is 0.381. The monoisotopic (exact) mass is 396 g/mol. The highest BCUT2D eigenvalue weighted by atomic mass is 16.6. The second-order valence-electron chi connectivity index (χ2n) is 7.16. The summed E-state index contributed by atoms with van der Waals surface area (Å²) in [5, 5.41) is 5.36. The number of rotatable bonds is 4. The van der Waals surface area contributed by atoms with Crippen LogP contribution in [0, 0.1) is 5.92 Å². The van der Waals surface area contributed by atoms with Crippen LogP contribution in [-0.4, -0.2) is 49.6 Å². The van der Waals surface area contributed by atoms with Crippen LogP contribution in [0.15, 0.2) is 42.7 Å². The minimum Gasteiger partial charge on any atom is -0.486 e. The maximum absolute atomic E-state index is 12.2. The zero-order valence-corrected chi connectivity index (χ0v) is 16.1. The van der Waals surface area contributed by atoms with Crippen LogP contribution in [0.5, 0.6) is 11.5 Å². The van der Waals surface area contributed by atoms with Gasteiger partial charge >= 0.3 is 11.8 Å². The second kappa shape index (κ2) is 8.81. The van der Waals surface area contributed by atoms with Crippen LogP contribution in [0.1, 0.15) is 12.8 Å². The summed E-state index contributed by atoms with van der Waals surface area (Å²) in [6.07, 6.45) is 5.55. The summed E-state index contributed by atoms with van der Waals surface area (Å²) in [4.78, 5) is 30.8. The van der Waals surface area contributed by atoms with Crippen molar-refractivity contribution in [3.63, 3.8) is 0 Å². The van der Waals surface area contributed by atoms with E-state index in [0.717, 1.165) is 31.6 Å². The number of ether oxygens (including phenoxy) is 2. The Kier molecular flexibility index (Phi) is 5.79. The van der Waals surface area contributed by atoms with Gasteiger partial charge in [0.2, 0.25) is 0 Å². The Bertz CT molecular complexity index is 866. The maximum Gasteiger partial charge on any atom is 0.313 e. The molecule has 1 fully saturated rings. The van der Waals surface area contributed by atoms with Crippen molar-refractivity contribution in [3.8, 4) is 11.5 Å². The summed E-state index contributed by atoms with van der Waals surface area (Å²) in [6.45, 7) is 3.28. The third-order valence-electron chi connectivity index (χ3n) is 5.18. The Labute approximate surface area is 169 Å². The Balaban J connectivity index is 1.22. The molecule has 8 heteroatoms. The van der Waals surface area contributed by atoms with E-state index in [0.29, 0.717) is 42.9 Å². The first kappa shape index (κ1) is 19.0. The van der Waals surface area contributed by atoms with Gasteiger partial charge in [-0.3, -0.25) is 14.6 Å². The first-order valence-corrected chi connectivity index (χ1v) is 9.83. The predicted molar refractivity (Wildman–Crippen MR) is 108 cm³/mol. The number of benzene rings is 1. The maximum atomic E-state index is 12.2. The summed E-state index contributed by atoms with van der Waals surface area (Å²) in [5.74, 6) is 0.240. The molecule has 0 aliphatic carbocycles. The Hall–Kier alpha value is -3.29. The molecule has 1 aromatic heterocycles. The van der Waals surface area contributed by atoms with E-state index in [1.807, 2.05) is 12.3 Å². The number of nitrogens with one attached hydrogen (secondary N) is 2. The molecule has 4 rings (SSSR count). The summed E-state index contributed by atoms with van der Waals surface area (Å²) < 4.78 is 10.9. The Morgan fingerprint density at radius 2 is 1.86 bits per heavy atom. The summed E-state index contributed by atoms with van der Waals surface area (Å²) in [6, 6.07) is 9.05. The third-order valence-corrected chi connectivity index (χ3v) is 5.18. The van der Waals surface area contributed by atoms with Crippen LogP contribution in [0.4, 0.5) is 11.4 Å². The topological polar surface area (TPSA) is 92.8 Å². The molecule has 2 aromatic rings. The zero-order chi connectivity index (χ0) is 20.1. The van der Waals surface area contributed by atoms with Crippen molar-refractivity contribution >= 4 is 23.2 Å². The van der Waals surface area contributed by atoms with Gasteiger partial charge < -0.3 is 25.0 Å². The molecule has 0 spiro atoms. The van der Waals surface area contributed by atoms with Gasteiger partial charge in [-0.1, -0.05) is 0 Å². The molecule has 1 saturated heterocycles. The van der Waals surface area contributed by atoms with E-state index in [4.69, 9.17) is 9.47 Å². The number of aromatic nitrogens is 1. The molecule has 3 heterocycles. The molecular formula is C21H24N4O4. The molecule has 1 aromatic carbocycles. The van der Waals surface area contributed by atoms with Crippen LogP contribution in [0.2, 0.25) is 0 Å². The SMILES string of the molecule is O=C(NCC1CCN(c2cccnc2)CC1)C(=O)Nc1ccc2c(c1)OCCO2. The smallest absolute Gasteiger partial charge is 0.313 e.